The largest absolute Gasteiger partial charge is 0.390 e. The molecule has 0 aliphatic rings. The van der Waals surface area contributed by atoms with Crippen molar-refractivity contribution in [2.45, 2.75) is 65.9 Å². The van der Waals surface area contributed by atoms with Crippen molar-refractivity contribution in [1.82, 2.24) is 5.32 Å². The maximum Gasteiger partial charge on any atom is 0.0631 e. The standard InChI is InChI=1S/C14H31NO/c1-12(2)7-6-8-14(5,16)9-10-15-11-13(3)4/h12-13,15-16H,6-11H2,1-5H3. The molecule has 16 heavy (non-hydrogen) atoms. The van der Waals surface area contributed by atoms with Gasteiger partial charge >= 0.3 is 0 Å². The fourth-order valence-corrected chi connectivity index (χ4v) is 1.76. The van der Waals surface area contributed by atoms with E-state index in [0.717, 1.165) is 38.3 Å². The fourth-order valence-electron chi connectivity index (χ4n) is 1.76. The van der Waals surface area contributed by atoms with Gasteiger partial charge in [-0.15, -0.1) is 0 Å². The molecule has 0 aromatic heterocycles. The van der Waals surface area contributed by atoms with Gasteiger partial charge in [-0.1, -0.05) is 40.5 Å². The van der Waals surface area contributed by atoms with Crippen LogP contribution < -0.4 is 5.32 Å². The first-order valence-electron chi connectivity index (χ1n) is 6.76. The predicted octanol–water partition coefficient (Wildman–Crippen LogP) is 3.20. The van der Waals surface area contributed by atoms with E-state index >= 15 is 0 Å². The second-order valence-corrected chi connectivity index (χ2v) is 6.13. The molecule has 0 saturated heterocycles. The van der Waals surface area contributed by atoms with Crippen LogP contribution in [-0.4, -0.2) is 23.8 Å². The highest BCUT2D eigenvalue weighted by molar-refractivity contribution is 4.73. The SMILES string of the molecule is CC(C)CCCC(C)(O)CCNCC(C)C. The van der Waals surface area contributed by atoms with Crippen molar-refractivity contribution in [1.29, 1.82) is 0 Å². The molecular formula is C14H31NO. The normalized spacial score (nSPS) is 15.8. The second-order valence-electron chi connectivity index (χ2n) is 6.13. The summed E-state index contributed by atoms with van der Waals surface area (Å²) in [5, 5.41) is 13.5. The summed E-state index contributed by atoms with van der Waals surface area (Å²) in [7, 11) is 0. The Morgan fingerprint density at radius 2 is 1.69 bits per heavy atom. The first kappa shape index (κ1) is 15.9. The topological polar surface area (TPSA) is 32.3 Å². The van der Waals surface area contributed by atoms with Crippen LogP contribution in [0.3, 0.4) is 0 Å². The van der Waals surface area contributed by atoms with Crippen molar-refractivity contribution < 1.29 is 5.11 Å². The Balaban J connectivity index is 3.53. The molecular weight excluding hydrogens is 198 g/mol. The van der Waals surface area contributed by atoms with Crippen molar-refractivity contribution in [3.63, 3.8) is 0 Å². The lowest BCUT2D eigenvalue weighted by Crippen LogP contribution is -2.31. The highest BCUT2D eigenvalue weighted by Gasteiger charge is 2.19. The van der Waals surface area contributed by atoms with E-state index in [1.54, 1.807) is 0 Å². The number of hydrogen-bond donors (Lipinski definition) is 2. The van der Waals surface area contributed by atoms with Gasteiger partial charge in [0.2, 0.25) is 0 Å². The zero-order chi connectivity index (χ0) is 12.6. The maximum atomic E-state index is 10.2. The van der Waals surface area contributed by atoms with Gasteiger partial charge < -0.3 is 10.4 Å². The molecule has 0 aromatic rings. The van der Waals surface area contributed by atoms with Crippen LogP contribution in [0.5, 0.6) is 0 Å². The lowest BCUT2D eigenvalue weighted by atomic mass is 9.93. The molecule has 0 aromatic carbocycles. The van der Waals surface area contributed by atoms with Crippen LogP contribution in [0.15, 0.2) is 0 Å². The maximum absolute atomic E-state index is 10.2. The van der Waals surface area contributed by atoms with Crippen LogP contribution in [0.25, 0.3) is 0 Å². The molecule has 0 aliphatic carbocycles. The molecule has 0 radical (unpaired) electrons. The minimum Gasteiger partial charge on any atom is -0.390 e. The molecule has 0 rings (SSSR count). The Morgan fingerprint density at radius 1 is 1.06 bits per heavy atom. The Kier molecular flexibility index (Phi) is 8.04. The predicted molar refractivity (Wildman–Crippen MR) is 71.6 cm³/mol. The van der Waals surface area contributed by atoms with Gasteiger partial charge in [-0.25, -0.2) is 0 Å². The molecule has 0 saturated carbocycles. The monoisotopic (exact) mass is 229 g/mol. The average Bonchev–Trinajstić information content (AvgIpc) is 2.11. The zero-order valence-corrected chi connectivity index (χ0v) is 11.8. The number of rotatable bonds is 9. The third-order valence-electron chi connectivity index (χ3n) is 2.89. The lowest BCUT2D eigenvalue weighted by Gasteiger charge is -2.24. The third kappa shape index (κ3) is 10.4. The van der Waals surface area contributed by atoms with E-state index in [0.29, 0.717) is 5.92 Å². The summed E-state index contributed by atoms with van der Waals surface area (Å²) in [5.74, 6) is 1.43. The molecule has 0 aliphatic heterocycles. The molecule has 2 heteroatoms. The summed E-state index contributed by atoms with van der Waals surface area (Å²) >= 11 is 0. The van der Waals surface area contributed by atoms with Crippen LogP contribution in [-0.2, 0) is 0 Å². The minimum absolute atomic E-state index is 0.487. The quantitative estimate of drug-likeness (QED) is 0.595. The molecule has 0 spiro atoms. The van der Waals surface area contributed by atoms with E-state index in [9.17, 15) is 5.11 Å². The van der Waals surface area contributed by atoms with Gasteiger partial charge in [0.25, 0.3) is 0 Å². The molecule has 1 atom stereocenters. The summed E-state index contributed by atoms with van der Waals surface area (Å²) in [6.07, 6.45) is 4.14. The van der Waals surface area contributed by atoms with E-state index in [1.807, 2.05) is 6.92 Å². The Hall–Kier alpha value is -0.0800. The van der Waals surface area contributed by atoms with E-state index in [-0.39, 0.29) is 0 Å². The molecule has 98 valence electrons. The summed E-state index contributed by atoms with van der Waals surface area (Å²) in [6.45, 7) is 12.8. The van der Waals surface area contributed by atoms with Gasteiger partial charge in [0, 0.05) is 0 Å². The third-order valence-corrected chi connectivity index (χ3v) is 2.89. The Labute approximate surface area is 102 Å². The second kappa shape index (κ2) is 8.08. The average molecular weight is 229 g/mol. The fraction of sp³-hybridized carbons (Fsp3) is 1.00. The molecule has 2 nitrogen and oxygen atoms in total. The van der Waals surface area contributed by atoms with Crippen LogP contribution in [0.4, 0.5) is 0 Å². The molecule has 0 fully saturated rings. The van der Waals surface area contributed by atoms with Gasteiger partial charge in [0.15, 0.2) is 0 Å². The van der Waals surface area contributed by atoms with Crippen molar-refractivity contribution in [2.24, 2.45) is 11.8 Å². The van der Waals surface area contributed by atoms with Crippen LogP contribution in [0, 0.1) is 11.8 Å². The van der Waals surface area contributed by atoms with Gasteiger partial charge in [0.1, 0.15) is 0 Å². The van der Waals surface area contributed by atoms with E-state index in [4.69, 9.17) is 0 Å². The van der Waals surface area contributed by atoms with E-state index < -0.39 is 5.60 Å². The number of hydrogen-bond acceptors (Lipinski definition) is 2. The first-order valence-corrected chi connectivity index (χ1v) is 6.76. The smallest absolute Gasteiger partial charge is 0.0631 e. The summed E-state index contributed by atoms with van der Waals surface area (Å²) in [6, 6.07) is 0. The van der Waals surface area contributed by atoms with Crippen LogP contribution in [0.2, 0.25) is 0 Å². The minimum atomic E-state index is -0.487. The van der Waals surface area contributed by atoms with Crippen molar-refractivity contribution in [3.05, 3.63) is 0 Å². The summed E-state index contributed by atoms with van der Waals surface area (Å²) < 4.78 is 0. The Bertz CT molecular complexity index is 164. The molecule has 0 amide bonds. The van der Waals surface area contributed by atoms with Gasteiger partial charge in [-0.3, -0.25) is 0 Å². The van der Waals surface area contributed by atoms with Crippen molar-refractivity contribution in [2.75, 3.05) is 13.1 Å². The van der Waals surface area contributed by atoms with Crippen LogP contribution >= 0.6 is 0 Å². The summed E-state index contributed by atoms with van der Waals surface area (Å²) in [4.78, 5) is 0. The molecule has 0 heterocycles. The Morgan fingerprint density at radius 3 is 2.19 bits per heavy atom. The summed E-state index contributed by atoms with van der Waals surface area (Å²) in [5.41, 5.74) is -0.487. The van der Waals surface area contributed by atoms with Gasteiger partial charge in [0.05, 0.1) is 5.60 Å². The zero-order valence-electron chi connectivity index (χ0n) is 11.8. The highest BCUT2D eigenvalue weighted by Crippen LogP contribution is 2.19. The van der Waals surface area contributed by atoms with Gasteiger partial charge in [-0.2, -0.15) is 0 Å². The first-order chi connectivity index (χ1) is 7.33. The number of aliphatic hydroxyl groups is 1. The lowest BCUT2D eigenvalue weighted by molar-refractivity contribution is 0.0388. The molecule has 0 bridgehead atoms. The van der Waals surface area contributed by atoms with Crippen molar-refractivity contribution in [3.8, 4) is 0 Å². The molecule has 1 unspecified atom stereocenters. The van der Waals surface area contributed by atoms with Crippen molar-refractivity contribution >= 4 is 0 Å². The molecule has 2 N–H and O–H groups in total. The van der Waals surface area contributed by atoms with E-state index in [2.05, 4.69) is 33.0 Å². The van der Waals surface area contributed by atoms with Crippen LogP contribution in [0.1, 0.15) is 60.3 Å². The van der Waals surface area contributed by atoms with E-state index in [1.165, 1.54) is 6.42 Å². The highest BCUT2D eigenvalue weighted by atomic mass is 16.3. The number of nitrogens with one attached hydrogen (secondary N) is 1. The van der Waals surface area contributed by atoms with Gasteiger partial charge in [-0.05, 0) is 44.7 Å².